The van der Waals surface area contributed by atoms with Crippen molar-refractivity contribution in [2.45, 2.75) is 6.92 Å². The molecule has 0 bridgehead atoms. The highest BCUT2D eigenvalue weighted by molar-refractivity contribution is 5.96. The van der Waals surface area contributed by atoms with E-state index in [4.69, 9.17) is 21.7 Å². The van der Waals surface area contributed by atoms with Gasteiger partial charge in [-0.05, 0) is 48.9 Å². The lowest BCUT2D eigenvalue weighted by Crippen LogP contribution is -2.06. The zero-order valence-electron chi connectivity index (χ0n) is 11.4. The van der Waals surface area contributed by atoms with Crippen LogP contribution in [-0.4, -0.2) is 22.2 Å². The Labute approximate surface area is 121 Å². The van der Waals surface area contributed by atoms with Gasteiger partial charge in [0.25, 0.3) is 0 Å². The van der Waals surface area contributed by atoms with Crippen LogP contribution < -0.4 is 11.5 Å². The Bertz CT molecular complexity index is 598. The third-order valence-corrected chi connectivity index (χ3v) is 2.73. The van der Waals surface area contributed by atoms with E-state index in [1.807, 2.05) is 0 Å². The second-order valence-corrected chi connectivity index (χ2v) is 4.26. The third-order valence-electron chi connectivity index (χ3n) is 2.73. The molecule has 6 N–H and O–H groups in total. The Kier molecular flexibility index (Phi) is 5.31. The number of rotatable bonds is 2. The lowest BCUT2D eigenvalue weighted by molar-refractivity contribution is 0.0696. The number of nitrogen functional groups attached to an aromatic ring is 2. The molecule has 0 spiro atoms. The highest BCUT2D eigenvalue weighted by Crippen LogP contribution is 2.13. The Balaban J connectivity index is 0.000000235. The van der Waals surface area contributed by atoms with Gasteiger partial charge in [-0.25, -0.2) is 9.59 Å². The standard InChI is InChI=1S/C9H8O4.C6H8N2/c1-5-6(8(10)11)3-2-4-7(5)9(12)13;7-5-1-2-6(8)4-3-5/h2-4H,1H3,(H,10,11)(H,12,13);1-4H,7-8H2. The van der Waals surface area contributed by atoms with Crippen molar-refractivity contribution in [3.8, 4) is 0 Å². The molecule has 0 fully saturated rings. The molecule has 0 aliphatic carbocycles. The first-order valence-corrected chi connectivity index (χ1v) is 6.00. The van der Waals surface area contributed by atoms with E-state index in [-0.39, 0.29) is 16.7 Å². The Morgan fingerprint density at radius 3 is 1.43 bits per heavy atom. The zero-order chi connectivity index (χ0) is 16.0. The first-order valence-electron chi connectivity index (χ1n) is 6.00. The van der Waals surface area contributed by atoms with Gasteiger partial charge in [-0.1, -0.05) is 6.07 Å². The molecule has 0 aliphatic rings. The number of hydrogen-bond donors (Lipinski definition) is 4. The van der Waals surface area contributed by atoms with Crippen molar-refractivity contribution in [1.82, 2.24) is 0 Å². The number of anilines is 2. The number of carboxylic acid groups (broad SMARTS) is 2. The van der Waals surface area contributed by atoms with Crippen LogP contribution >= 0.6 is 0 Å². The fraction of sp³-hybridized carbons (Fsp3) is 0.0667. The highest BCUT2D eigenvalue weighted by Gasteiger charge is 2.13. The van der Waals surface area contributed by atoms with Gasteiger partial charge in [-0.2, -0.15) is 0 Å². The number of nitrogens with two attached hydrogens (primary N) is 2. The van der Waals surface area contributed by atoms with Gasteiger partial charge in [0.15, 0.2) is 0 Å². The fourth-order valence-corrected chi connectivity index (χ4v) is 1.60. The van der Waals surface area contributed by atoms with E-state index < -0.39 is 11.9 Å². The van der Waals surface area contributed by atoms with E-state index in [2.05, 4.69) is 0 Å². The summed E-state index contributed by atoms with van der Waals surface area (Å²) < 4.78 is 0. The number of hydrogen-bond acceptors (Lipinski definition) is 4. The third kappa shape index (κ3) is 4.54. The summed E-state index contributed by atoms with van der Waals surface area (Å²) >= 11 is 0. The second kappa shape index (κ2) is 6.95. The fourth-order valence-electron chi connectivity index (χ4n) is 1.60. The van der Waals surface area contributed by atoms with Crippen molar-refractivity contribution < 1.29 is 19.8 Å². The SMILES string of the molecule is Cc1c(C(=O)O)cccc1C(=O)O.Nc1ccc(N)cc1. The zero-order valence-corrected chi connectivity index (χ0v) is 11.4. The van der Waals surface area contributed by atoms with Crippen LogP contribution in [0.3, 0.4) is 0 Å². The molecular weight excluding hydrogens is 272 g/mol. The minimum Gasteiger partial charge on any atom is -0.478 e. The Morgan fingerprint density at radius 1 is 0.810 bits per heavy atom. The Hall–Kier alpha value is -3.02. The summed E-state index contributed by atoms with van der Waals surface area (Å²) in [5.74, 6) is -2.22. The highest BCUT2D eigenvalue weighted by atomic mass is 16.4. The van der Waals surface area contributed by atoms with E-state index in [1.54, 1.807) is 24.3 Å². The van der Waals surface area contributed by atoms with Gasteiger partial charge < -0.3 is 21.7 Å². The van der Waals surface area contributed by atoms with Gasteiger partial charge >= 0.3 is 11.9 Å². The quantitative estimate of drug-likeness (QED) is 0.628. The van der Waals surface area contributed by atoms with Crippen molar-refractivity contribution >= 4 is 23.3 Å². The first kappa shape index (κ1) is 16.0. The molecule has 2 aromatic carbocycles. The molecule has 0 unspecified atom stereocenters. The summed E-state index contributed by atoms with van der Waals surface area (Å²) in [4.78, 5) is 21.2. The van der Waals surface area contributed by atoms with Crippen molar-refractivity contribution in [2.75, 3.05) is 11.5 Å². The van der Waals surface area contributed by atoms with Crippen LogP contribution in [0.1, 0.15) is 26.3 Å². The Morgan fingerprint density at radius 2 is 1.14 bits per heavy atom. The van der Waals surface area contributed by atoms with Gasteiger partial charge in [-0.3, -0.25) is 0 Å². The van der Waals surface area contributed by atoms with Crippen LogP contribution in [0.25, 0.3) is 0 Å². The minimum absolute atomic E-state index is 0.0277. The van der Waals surface area contributed by atoms with Crippen LogP contribution in [0, 0.1) is 6.92 Å². The maximum atomic E-state index is 10.6. The molecular formula is C15H16N2O4. The molecule has 21 heavy (non-hydrogen) atoms. The molecule has 0 heterocycles. The van der Waals surface area contributed by atoms with Gasteiger partial charge in [0, 0.05) is 11.4 Å². The molecule has 0 aromatic heterocycles. The maximum Gasteiger partial charge on any atom is 0.335 e. The molecule has 0 saturated carbocycles. The van der Waals surface area contributed by atoms with Crippen molar-refractivity contribution in [3.63, 3.8) is 0 Å². The predicted molar refractivity (Wildman–Crippen MR) is 80.4 cm³/mol. The van der Waals surface area contributed by atoms with Gasteiger partial charge in [-0.15, -0.1) is 0 Å². The molecule has 110 valence electrons. The normalized spacial score (nSPS) is 9.38. The molecule has 0 atom stereocenters. The van der Waals surface area contributed by atoms with Crippen LogP contribution in [0.4, 0.5) is 11.4 Å². The number of carboxylic acids is 2. The number of aromatic carboxylic acids is 2. The van der Waals surface area contributed by atoms with Crippen LogP contribution in [0.2, 0.25) is 0 Å². The van der Waals surface area contributed by atoms with Crippen LogP contribution in [0.5, 0.6) is 0 Å². The lowest BCUT2D eigenvalue weighted by atomic mass is 10.0. The first-order chi connectivity index (χ1) is 9.82. The number of benzene rings is 2. The largest absolute Gasteiger partial charge is 0.478 e. The van der Waals surface area contributed by atoms with Gasteiger partial charge in [0.05, 0.1) is 11.1 Å². The molecule has 6 heteroatoms. The summed E-state index contributed by atoms with van der Waals surface area (Å²) in [6.45, 7) is 1.48. The molecule has 6 nitrogen and oxygen atoms in total. The lowest BCUT2D eigenvalue weighted by Gasteiger charge is -2.03. The maximum absolute atomic E-state index is 10.6. The van der Waals surface area contributed by atoms with E-state index in [9.17, 15) is 9.59 Å². The molecule has 0 saturated heterocycles. The average Bonchev–Trinajstić information content (AvgIpc) is 2.42. The minimum atomic E-state index is -1.11. The summed E-state index contributed by atoms with van der Waals surface area (Å²) in [5, 5.41) is 17.4. The van der Waals surface area contributed by atoms with Gasteiger partial charge in [0.2, 0.25) is 0 Å². The van der Waals surface area contributed by atoms with E-state index >= 15 is 0 Å². The second-order valence-electron chi connectivity index (χ2n) is 4.26. The summed E-state index contributed by atoms with van der Waals surface area (Å²) in [6, 6.07) is 11.3. The van der Waals surface area contributed by atoms with E-state index in [1.165, 1.54) is 25.1 Å². The van der Waals surface area contributed by atoms with Crippen molar-refractivity contribution in [3.05, 3.63) is 59.2 Å². The molecule has 2 rings (SSSR count). The predicted octanol–water partition coefficient (Wildman–Crippen LogP) is 2.24. The molecule has 2 aromatic rings. The van der Waals surface area contributed by atoms with Crippen LogP contribution in [0.15, 0.2) is 42.5 Å². The van der Waals surface area contributed by atoms with E-state index in [0.29, 0.717) is 0 Å². The summed E-state index contributed by atoms with van der Waals surface area (Å²) in [7, 11) is 0. The van der Waals surface area contributed by atoms with Crippen LogP contribution in [-0.2, 0) is 0 Å². The average molecular weight is 288 g/mol. The molecule has 0 aliphatic heterocycles. The van der Waals surface area contributed by atoms with Crippen molar-refractivity contribution in [1.29, 1.82) is 0 Å². The van der Waals surface area contributed by atoms with Gasteiger partial charge in [0.1, 0.15) is 0 Å². The number of carbonyl (C=O) groups is 2. The summed E-state index contributed by atoms with van der Waals surface area (Å²) in [5.41, 5.74) is 12.6. The van der Waals surface area contributed by atoms with Crippen molar-refractivity contribution in [2.24, 2.45) is 0 Å². The monoisotopic (exact) mass is 288 g/mol. The molecule has 0 radical (unpaired) electrons. The van der Waals surface area contributed by atoms with E-state index in [0.717, 1.165) is 11.4 Å². The topological polar surface area (TPSA) is 127 Å². The smallest absolute Gasteiger partial charge is 0.335 e. The molecule has 0 amide bonds. The summed E-state index contributed by atoms with van der Waals surface area (Å²) in [6.07, 6.45) is 0.